The van der Waals surface area contributed by atoms with E-state index in [0.29, 0.717) is 0 Å². The summed E-state index contributed by atoms with van der Waals surface area (Å²) >= 11 is 0. The van der Waals surface area contributed by atoms with Gasteiger partial charge in [0.25, 0.3) is 0 Å². The second-order valence-corrected chi connectivity index (χ2v) is 3.88. The normalized spacial score (nSPS) is 12.9. The summed E-state index contributed by atoms with van der Waals surface area (Å²) in [5.74, 6) is -1.76. The van der Waals surface area contributed by atoms with Crippen molar-refractivity contribution in [2.45, 2.75) is 39.3 Å². The molecule has 0 aromatic heterocycles. The highest BCUT2D eigenvalue weighted by Crippen LogP contribution is 2.21. The summed E-state index contributed by atoms with van der Waals surface area (Å²) in [7, 11) is 0. The summed E-state index contributed by atoms with van der Waals surface area (Å²) in [6.45, 7) is 2.74. The van der Waals surface area contributed by atoms with Crippen LogP contribution in [0.1, 0.15) is 33.1 Å². The van der Waals surface area contributed by atoms with Crippen molar-refractivity contribution in [2.24, 2.45) is 0 Å². The zero-order valence-corrected chi connectivity index (χ0v) is 10.2. The number of carboxylic acids is 1. The van der Waals surface area contributed by atoms with E-state index in [1.165, 1.54) is 13.8 Å². The van der Waals surface area contributed by atoms with Crippen LogP contribution in [0.2, 0.25) is 0 Å². The highest BCUT2D eigenvalue weighted by atomic mass is 19.4. The minimum Gasteiger partial charge on any atom is -0.478 e. The van der Waals surface area contributed by atoms with Gasteiger partial charge in [-0.1, -0.05) is 0 Å². The van der Waals surface area contributed by atoms with E-state index in [1.807, 2.05) is 0 Å². The fourth-order valence-electron chi connectivity index (χ4n) is 1.12. The fourth-order valence-corrected chi connectivity index (χ4v) is 1.12. The molecule has 0 fully saturated rings. The molecule has 0 spiro atoms. The lowest BCUT2D eigenvalue weighted by Crippen LogP contribution is -2.26. The van der Waals surface area contributed by atoms with Crippen molar-refractivity contribution in [1.29, 1.82) is 0 Å². The van der Waals surface area contributed by atoms with E-state index in [0.717, 1.165) is 0 Å². The van der Waals surface area contributed by atoms with E-state index in [4.69, 9.17) is 5.11 Å². The topological polar surface area (TPSA) is 66.4 Å². The minimum atomic E-state index is -4.18. The molecule has 0 aliphatic rings. The first-order valence-electron chi connectivity index (χ1n) is 5.41. The van der Waals surface area contributed by atoms with Gasteiger partial charge in [0.2, 0.25) is 5.91 Å². The van der Waals surface area contributed by atoms with Crippen LogP contribution in [0, 0.1) is 0 Å². The number of carbonyl (C=O) groups excluding carboxylic acids is 1. The third-order valence-electron chi connectivity index (χ3n) is 2.40. The van der Waals surface area contributed by atoms with Gasteiger partial charge in [0.1, 0.15) is 0 Å². The Labute approximate surface area is 103 Å². The van der Waals surface area contributed by atoms with Gasteiger partial charge in [-0.15, -0.1) is 0 Å². The molecule has 0 atom stereocenters. The summed E-state index contributed by atoms with van der Waals surface area (Å²) in [5.41, 5.74) is -0.0267. The molecule has 2 N–H and O–H groups in total. The van der Waals surface area contributed by atoms with Gasteiger partial charge >= 0.3 is 12.1 Å². The molecule has 104 valence electrons. The van der Waals surface area contributed by atoms with Crippen molar-refractivity contribution < 1.29 is 27.9 Å². The molecule has 0 bridgehead atoms. The van der Waals surface area contributed by atoms with Crippen molar-refractivity contribution in [3.05, 3.63) is 11.1 Å². The van der Waals surface area contributed by atoms with Gasteiger partial charge in [0.15, 0.2) is 0 Å². The van der Waals surface area contributed by atoms with E-state index in [1.54, 1.807) is 0 Å². The summed E-state index contributed by atoms with van der Waals surface area (Å²) < 4.78 is 35.4. The van der Waals surface area contributed by atoms with Gasteiger partial charge < -0.3 is 10.4 Å². The predicted molar refractivity (Wildman–Crippen MR) is 58.9 cm³/mol. The summed E-state index contributed by atoms with van der Waals surface area (Å²) in [6, 6.07) is 0. The number of unbranched alkanes of at least 4 members (excludes halogenated alkanes) is 1. The molecule has 7 heteroatoms. The monoisotopic (exact) mass is 267 g/mol. The van der Waals surface area contributed by atoms with Gasteiger partial charge in [0.05, 0.1) is 0 Å². The Bertz CT molecular complexity index is 348. The van der Waals surface area contributed by atoms with Gasteiger partial charge in [-0.25, -0.2) is 4.79 Å². The maximum Gasteiger partial charge on any atom is 0.389 e. The van der Waals surface area contributed by atoms with E-state index in [2.05, 4.69) is 5.32 Å². The van der Waals surface area contributed by atoms with E-state index >= 15 is 0 Å². The second-order valence-electron chi connectivity index (χ2n) is 3.88. The Morgan fingerprint density at radius 2 is 1.67 bits per heavy atom. The molecule has 0 radical (unpaired) electrons. The number of hydrogen-bond donors (Lipinski definition) is 2. The molecule has 0 aromatic rings. The molecule has 4 nitrogen and oxygen atoms in total. The number of hydrogen-bond acceptors (Lipinski definition) is 2. The summed E-state index contributed by atoms with van der Waals surface area (Å²) in [6.07, 6.45) is -4.93. The largest absolute Gasteiger partial charge is 0.478 e. The van der Waals surface area contributed by atoms with Crippen molar-refractivity contribution in [3.8, 4) is 0 Å². The molecule has 0 heterocycles. The van der Waals surface area contributed by atoms with Crippen LogP contribution in [0.5, 0.6) is 0 Å². The van der Waals surface area contributed by atoms with E-state index in [9.17, 15) is 22.8 Å². The van der Waals surface area contributed by atoms with Gasteiger partial charge in [0, 0.05) is 24.1 Å². The number of amides is 1. The van der Waals surface area contributed by atoms with E-state index < -0.39 is 24.5 Å². The highest BCUT2D eigenvalue weighted by Gasteiger charge is 2.25. The second kappa shape index (κ2) is 7.03. The number of aliphatic carboxylic acids is 1. The smallest absolute Gasteiger partial charge is 0.389 e. The number of carboxylic acid groups (broad SMARTS) is 1. The average Bonchev–Trinajstić information content (AvgIpc) is 2.24. The van der Waals surface area contributed by atoms with Crippen molar-refractivity contribution in [1.82, 2.24) is 5.32 Å². The van der Waals surface area contributed by atoms with Gasteiger partial charge in [-0.2, -0.15) is 13.2 Å². The molecule has 1 amide bonds. The van der Waals surface area contributed by atoms with Crippen LogP contribution in [0.15, 0.2) is 11.1 Å². The molecule has 0 saturated heterocycles. The minimum absolute atomic E-state index is 0.0540. The van der Waals surface area contributed by atoms with Crippen LogP contribution in [-0.2, 0) is 9.59 Å². The SMILES string of the molecule is CC(C(=O)O)=C(C)C(=O)NCCCCC(F)(F)F. The van der Waals surface area contributed by atoms with Crippen molar-refractivity contribution >= 4 is 11.9 Å². The fraction of sp³-hybridized carbons (Fsp3) is 0.636. The quantitative estimate of drug-likeness (QED) is 0.573. The molecule has 0 rings (SSSR count). The molecular formula is C11H16F3NO3. The van der Waals surface area contributed by atoms with Crippen LogP contribution in [-0.4, -0.2) is 29.7 Å². The average molecular weight is 267 g/mol. The van der Waals surface area contributed by atoms with Crippen LogP contribution in [0.25, 0.3) is 0 Å². The zero-order valence-electron chi connectivity index (χ0n) is 10.2. The maximum absolute atomic E-state index is 11.8. The first kappa shape index (κ1) is 16.5. The van der Waals surface area contributed by atoms with Crippen LogP contribution in [0.4, 0.5) is 13.2 Å². The lowest BCUT2D eigenvalue weighted by atomic mass is 10.1. The predicted octanol–water partition coefficient (Wildman–Crippen LogP) is 2.26. The van der Waals surface area contributed by atoms with Gasteiger partial charge in [-0.05, 0) is 26.7 Å². The Balaban J connectivity index is 3.99. The lowest BCUT2D eigenvalue weighted by molar-refractivity contribution is -0.136. The van der Waals surface area contributed by atoms with Crippen molar-refractivity contribution in [2.75, 3.05) is 6.54 Å². The third-order valence-corrected chi connectivity index (χ3v) is 2.40. The zero-order chi connectivity index (χ0) is 14.3. The Morgan fingerprint density at radius 1 is 1.11 bits per heavy atom. The number of alkyl halides is 3. The molecule has 0 saturated carbocycles. The lowest BCUT2D eigenvalue weighted by Gasteiger charge is -2.08. The number of rotatable bonds is 6. The standard InChI is InChI=1S/C11H16F3NO3/c1-7(8(2)10(17)18)9(16)15-6-4-3-5-11(12,13)14/h3-6H2,1-2H3,(H,15,16)(H,17,18). The number of halogens is 3. The first-order chi connectivity index (χ1) is 8.15. The van der Waals surface area contributed by atoms with Crippen molar-refractivity contribution in [3.63, 3.8) is 0 Å². The molecule has 0 unspecified atom stereocenters. The number of carbonyl (C=O) groups is 2. The highest BCUT2D eigenvalue weighted by molar-refractivity contribution is 6.01. The number of nitrogens with one attached hydrogen (secondary N) is 1. The van der Waals surface area contributed by atoms with Crippen LogP contribution < -0.4 is 5.32 Å². The summed E-state index contributed by atoms with van der Waals surface area (Å²) in [4.78, 5) is 22.0. The third kappa shape index (κ3) is 6.93. The Hall–Kier alpha value is -1.53. The molecule has 0 aliphatic heterocycles. The molecule has 0 aliphatic carbocycles. The maximum atomic E-state index is 11.8. The Morgan fingerprint density at radius 3 is 2.11 bits per heavy atom. The first-order valence-corrected chi connectivity index (χ1v) is 5.41. The summed E-state index contributed by atoms with van der Waals surface area (Å²) in [5, 5.41) is 11.0. The molecule has 18 heavy (non-hydrogen) atoms. The molecular weight excluding hydrogens is 251 g/mol. The molecule has 0 aromatic carbocycles. The van der Waals surface area contributed by atoms with Crippen LogP contribution >= 0.6 is 0 Å². The van der Waals surface area contributed by atoms with E-state index in [-0.39, 0.29) is 30.5 Å². The van der Waals surface area contributed by atoms with Crippen LogP contribution in [0.3, 0.4) is 0 Å². The Kier molecular flexibility index (Phi) is 6.43. The van der Waals surface area contributed by atoms with Gasteiger partial charge in [-0.3, -0.25) is 4.79 Å².